The summed E-state index contributed by atoms with van der Waals surface area (Å²) in [7, 11) is 0.919. The van der Waals surface area contributed by atoms with Gasteiger partial charge >= 0.3 is 5.97 Å². The van der Waals surface area contributed by atoms with Crippen molar-refractivity contribution in [3.8, 4) is 46.0 Å². The van der Waals surface area contributed by atoms with Gasteiger partial charge in [0.1, 0.15) is 28.9 Å². The SMILES string of the molecule is COc1c(O)c(O)c(F)c(C(=O)OC2Cc3c(O)cc(O)cc3O[C@@H]2c2ccc(O)c(O)c2)c1F. The van der Waals surface area contributed by atoms with Crippen molar-refractivity contribution in [2.24, 2.45) is 0 Å². The van der Waals surface area contributed by atoms with E-state index in [0.717, 1.165) is 25.3 Å². The van der Waals surface area contributed by atoms with Gasteiger partial charge < -0.3 is 44.8 Å². The third-order valence-electron chi connectivity index (χ3n) is 5.45. The highest BCUT2D eigenvalue weighted by Gasteiger charge is 2.39. The van der Waals surface area contributed by atoms with E-state index in [-0.39, 0.29) is 29.0 Å². The molecule has 3 aromatic rings. The lowest BCUT2D eigenvalue weighted by Gasteiger charge is -2.34. The number of halogens is 2. The molecule has 1 heterocycles. The molecule has 1 unspecified atom stereocenters. The molecular formula is C23H18F2O10. The molecule has 2 atom stereocenters. The topological polar surface area (TPSA) is 166 Å². The molecule has 0 spiro atoms. The van der Waals surface area contributed by atoms with Crippen LogP contribution in [0.15, 0.2) is 30.3 Å². The number of carbonyl (C=O) groups is 1. The van der Waals surface area contributed by atoms with Crippen LogP contribution in [-0.4, -0.2) is 49.8 Å². The number of rotatable bonds is 4. The first-order valence-electron chi connectivity index (χ1n) is 9.94. The molecule has 10 nitrogen and oxygen atoms in total. The van der Waals surface area contributed by atoms with Crippen LogP contribution in [0.25, 0.3) is 0 Å². The van der Waals surface area contributed by atoms with Crippen molar-refractivity contribution in [3.05, 3.63) is 58.7 Å². The van der Waals surface area contributed by atoms with Gasteiger partial charge in [-0.2, -0.15) is 0 Å². The largest absolute Gasteiger partial charge is 0.508 e. The molecule has 0 aromatic heterocycles. The highest BCUT2D eigenvalue weighted by Crippen LogP contribution is 2.45. The van der Waals surface area contributed by atoms with Gasteiger partial charge in [0.25, 0.3) is 0 Å². The molecule has 6 N–H and O–H groups in total. The molecule has 184 valence electrons. The molecule has 35 heavy (non-hydrogen) atoms. The number of phenolic OH excluding ortho intramolecular Hbond substituents is 6. The first kappa shape index (κ1) is 23.5. The minimum absolute atomic E-state index is 0.00803. The van der Waals surface area contributed by atoms with E-state index >= 15 is 0 Å². The monoisotopic (exact) mass is 492 g/mol. The van der Waals surface area contributed by atoms with Crippen molar-refractivity contribution in [3.63, 3.8) is 0 Å². The number of benzene rings is 3. The number of ether oxygens (including phenoxy) is 3. The van der Waals surface area contributed by atoms with Crippen molar-refractivity contribution >= 4 is 5.97 Å². The Morgan fingerprint density at radius 2 is 1.66 bits per heavy atom. The van der Waals surface area contributed by atoms with Gasteiger partial charge in [-0.3, -0.25) is 0 Å². The molecule has 0 fully saturated rings. The van der Waals surface area contributed by atoms with Gasteiger partial charge in [0, 0.05) is 29.7 Å². The first-order chi connectivity index (χ1) is 16.5. The molecule has 0 aliphatic carbocycles. The predicted molar refractivity (Wildman–Crippen MR) is 112 cm³/mol. The summed E-state index contributed by atoms with van der Waals surface area (Å²) in [5.74, 6) is -10.4. The van der Waals surface area contributed by atoms with E-state index in [4.69, 9.17) is 9.47 Å². The summed E-state index contributed by atoms with van der Waals surface area (Å²) in [5.41, 5.74) is -1.09. The highest BCUT2D eigenvalue weighted by atomic mass is 19.1. The zero-order valence-corrected chi connectivity index (χ0v) is 17.8. The second kappa shape index (κ2) is 8.63. The summed E-state index contributed by atoms with van der Waals surface area (Å²) < 4.78 is 45.0. The molecule has 0 radical (unpaired) electrons. The molecule has 4 rings (SSSR count). The van der Waals surface area contributed by atoms with Gasteiger partial charge in [0.05, 0.1) is 7.11 Å². The number of fused-ring (bicyclic) bond motifs is 1. The number of hydrogen-bond donors (Lipinski definition) is 6. The highest BCUT2D eigenvalue weighted by molar-refractivity contribution is 5.92. The van der Waals surface area contributed by atoms with Gasteiger partial charge in [-0.15, -0.1) is 0 Å². The van der Waals surface area contributed by atoms with Gasteiger partial charge in [0.15, 0.2) is 35.0 Å². The summed E-state index contributed by atoms with van der Waals surface area (Å²) in [6, 6.07) is 5.75. The average Bonchev–Trinajstić information content (AvgIpc) is 2.80. The Hall–Kier alpha value is -4.61. The summed E-state index contributed by atoms with van der Waals surface area (Å²) >= 11 is 0. The van der Waals surface area contributed by atoms with Gasteiger partial charge in [-0.05, 0) is 12.1 Å². The molecule has 0 bridgehead atoms. The van der Waals surface area contributed by atoms with E-state index in [9.17, 15) is 44.2 Å². The third kappa shape index (κ3) is 3.98. The van der Waals surface area contributed by atoms with Crippen LogP contribution in [0.1, 0.15) is 27.6 Å². The van der Waals surface area contributed by atoms with Crippen molar-refractivity contribution in [1.82, 2.24) is 0 Å². The van der Waals surface area contributed by atoms with E-state index in [1.165, 1.54) is 12.1 Å². The number of carbonyl (C=O) groups excluding carboxylic acids is 1. The van der Waals surface area contributed by atoms with E-state index < -0.39 is 69.9 Å². The number of esters is 1. The van der Waals surface area contributed by atoms with Crippen molar-refractivity contribution < 1.29 is 58.4 Å². The maximum atomic E-state index is 14.7. The van der Waals surface area contributed by atoms with Crippen molar-refractivity contribution in [2.45, 2.75) is 18.6 Å². The molecule has 0 amide bonds. The fourth-order valence-corrected chi connectivity index (χ4v) is 3.76. The Morgan fingerprint density at radius 1 is 0.943 bits per heavy atom. The Balaban J connectivity index is 1.78. The lowest BCUT2D eigenvalue weighted by molar-refractivity contribution is -0.0196. The molecule has 1 aliphatic heterocycles. The van der Waals surface area contributed by atoms with Crippen LogP contribution < -0.4 is 9.47 Å². The van der Waals surface area contributed by atoms with Crippen LogP contribution in [0.5, 0.6) is 46.0 Å². The number of phenols is 6. The normalized spacial score (nSPS) is 16.8. The summed E-state index contributed by atoms with van der Waals surface area (Å²) in [5, 5.41) is 58.9. The van der Waals surface area contributed by atoms with Crippen LogP contribution in [0.3, 0.4) is 0 Å². The zero-order valence-electron chi connectivity index (χ0n) is 17.8. The maximum absolute atomic E-state index is 14.7. The lowest BCUT2D eigenvalue weighted by Crippen LogP contribution is -2.35. The smallest absolute Gasteiger partial charge is 0.344 e. The molecule has 12 heteroatoms. The Bertz CT molecular complexity index is 1340. The van der Waals surface area contributed by atoms with Gasteiger partial charge in [-0.1, -0.05) is 6.07 Å². The Labute approximate surface area is 195 Å². The second-order valence-electron chi connectivity index (χ2n) is 7.61. The fourth-order valence-electron chi connectivity index (χ4n) is 3.76. The van der Waals surface area contributed by atoms with E-state index in [1.54, 1.807) is 0 Å². The minimum atomic E-state index is -1.80. The average molecular weight is 492 g/mol. The van der Waals surface area contributed by atoms with Crippen LogP contribution >= 0.6 is 0 Å². The first-order valence-corrected chi connectivity index (χ1v) is 9.94. The van der Waals surface area contributed by atoms with E-state index in [0.29, 0.717) is 0 Å². The third-order valence-corrected chi connectivity index (χ3v) is 5.45. The number of hydrogen-bond acceptors (Lipinski definition) is 10. The Kier molecular flexibility index (Phi) is 5.81. The van der Waals surface area contributed by atoms with Crippen LogP contribution in [0.4, 0.5) is 8.78 Å². The molecule has 1 aliphatic rings. The van der Waals surface area contributed by atoms with E-state index in [2.05, 4.69) is 4.74 Å². The fraction of sp³-hybridized carbons (Fsp3) is 0.174. The molecule has 0 saturated heterocycles. The number of methoxy groups -OCH3 is 1. The van der Waals surface area contributed by atoms with Crippen LogP contribution in [0.2, 0.25) is 0 Å². The quantitative estimate of drug-likeness (QED) is 0.235. The Morgan fingerprint density at radius 3 is 2.31 bits per heavy atom. The van der Waals surface area contributed by atoms with Crippen molar-refractivity contribution in [2.75, 3.05) is 7.11 Å². The maximum Gasteiger partial charge on any atom is 0.344 e. The molecule has 3 aromatic carbocycles. The minimum Gasteiger partial charge on any atom is -0.508 e. The van der Waals surface area contributed by atoms with Gasteiger partial charge in [0.2, 0.25) is 11.5 Å². The van der Waals surface area contributed by atoms with Gasteiger partial charge in [-0.25, -0.2) is 13.6 Å². The van der Waals surface area contributed by atoms with Crippen molar-refractivity contribution in [1.29, 1.82) is 0 Å². The summed E-state index contributed by atoms with van der Waals surface area (Å²) in [4.78, 5) is 12.8. The summed E-state index contributed by atoms with van der Waals surface area (Å²) in [6.45, 7) is 0. The second-order valence-corrected chi connectivity index (χ2v) is 7.61. The summed E-state index contributed by atoms with van der Waals surface area (Å²) in [6.07, 6.45) is -2.86. The molecular weight excluding hydrogens is 474 g/mol. The predicted octanol–water partition coefficient (Wildman–Crippen LogP) is 3.11. The van der Waals surface area contributed by atoms with Crippen LogP contribution in [0, 0.1) is 11.6 Å². The standard InChI is InChI=1S/C23H18F2O10/c1-33-22-18(25)16(17(24)19(30)20(22)31)23(32)35-15-7-10-12(28)5-9(26)6-14(10)34-21(15)8-2-3-11(27)13(29)4-8/h2-6,15,21,26-31H,7H2,1H3/t15?,21-/m1/s1. The van der Waals surface area contributed by atoms with E-state index in [1.807, 2.05) is 0 Å². The lowest BCUT2D eigenvalue weighted by atomic mass is 9.93. The number of aromatic hydroxyl groups is 6. The zero-order chi connectivity index (χ0) is 25.6. The molecule has 0 saturated carbocycles. The van der Waals surface area contributed by atoms with Crippen LogP contribution in [-0.2, 0) is 11.2 Å².